The molecular formula is C25H35N3O2. The van der Waals surface area contributed by atoms with Crippen molar-refractivity contribution in [3.63, 3.8) is 0 Å². The zero-order valence-corrected chi connectivity index (χ0v) is 18.2. The zero-order chi connectivity index (χ0) is 20.9. The van der Waals surface area contributed by atoms with Gasteiger partial charge in [0.1, 0.15) is 6.61 Å². The number of carbonyl (C=O) groups is 1. The summed E-state index contributed by atoms with van der Waals surface area (Å²) in [5, 5.41) is 9.60. The molecule has 0 aromatic heterocycles. The van der Waals surface area contributed by atoms with Crippen molar-refractivity contribution in [1.29, 1.82) is 5.26 Å². The molecule has 162 valence electrons. The van der Waals surface area contributed by atoms with Gasteiger partial charge in [0.2, 0.25) is 0 Å². The first kappa shape index (κ1) is 21.0. The van der Waals surface area contributed by atoms with Gasteiger partial charge < -0.3 is 14.5 Å². The maximum absolute atomic E-state index is 12.9. The lowest BCUT2D eigenvalue weighted by atomic mass is 9.65. The van der Waals surface area contributed by atoms with Crippen LogP contribution in [-0.4, -0.2) is 41.1 Å². The van der Waals surface area contributed by atoms with Gasteiger partial charge in [-0.3, -0.25) is 0 Å². The Morgan fingerprint density at radius 3 is 2.77 bits per heavy atom. The first-order chi connectivity index (χ1) is 14.7. The normalized spacial score (nSPS) is 31.5. The van der Waals surface area contributed by atoms with E-state index < -0.39 is 0 Å². The van der Waals surface area contributed by atoms with Crippen molar-refractivity contribution in [3.8, 4) is 6.19 Å². The zero-order valence-electron chi connectivity index (χ0n) is 18.2. The van der Waals surface area contributed by atoms with Crippen molar-refractivity contribution in [2.75, 3.05) is 13.1 Å². The molecule has 5 atom stereocenters. The van der Waals surface area contributed by atoms with E-state index >= 15 is 0 Å². The molecule has 2 aliphatic heterocycles. The molecule has 0 unspecified atom stereocenters. The second-order valence-electron chi connectivity index (χ2n) is 9.62. The third-order valence-electron chi connectivity index (χ3n) is 7.56. The first-order valence-corrected chi connectivity index (χ1v) is 11.8. The van der Waals surface area contributed by atoms with Crippen LogP contribution in [-0.2, 0) is 11.3 Å². The molecule has 2 saturated heterocycles. The van der Waals surface area contributed by atoms with E-state index in [1.807, 2.05) is 40.1 Å². The van der Waals surface area contributed by atoms with Crippen LogP contribution in [0.3, 0.4) is 0 Å². The van der Waals surface area contributed by atoms with Gasteiger partial charge in [0.15, 0.2) is 6.19 Å². The minimum atomic E-state index is -0.161. The number of benzene rings is 1. The minimum absolute atomic E-state index is 0.161. The van der Waals surface area contributed by atoms with Crippen molar-refractivity contribution < 1.29 is 9.53 Å². The van der Waals surface area contributed by atoms with Crippen LogP contribution in [0.2, 0.25) is 0 Å². The second kappa shape index (κ2) is 9.73. The Labute approximate surface area is 181 Å². The van der Waals surface area contributed by atoms with E-state index in [1.54, 1.807) is 0 Å². The van der Waals surface area contributed by atoms with Gasteiger partial charge >= 0.3 is 6.09 Å². The Morgan fingerprint density at radius 1 is 1.13 bits per heavy atom. The fourth-order valence-corrected chi connectivity index (χ4v) is 6.17. The fraction of sp³-hybridized carbons (Fsp3) is 0.680. The Hall–Kier alpha value is -2.22. The monoisotopic (exact) mass is 409 g/mol. The number of rotatable bonds is 4. The van der Waals surface area contributed by atoms with Crippen LogP contribution in [0.4, 0.5) is 4.79 Å². The summed E-state index contributed by atoms with van der Waals surface area (Å²) in [5.41, 5.74) is 1.03. The van der Waals surface area contributed by atoms with E-state index in [9.17, 15) is 10.1 Å². The van der Waals surface area contributed by atoms with E-state index in [0.717, 1.165) is 50.8 Å². The number of likely N-dealkylation sites (tertiary alicyclic amines) is 2. The summed E-state index contributed by atoms with van der Waals surface area (Å²) in [7, 11) is 0. The van der Waals surface area contributed by atoms with Crippen molar-refractivity contribution in [2.24, 2.45) is 17.8 Å². The predicted octanol–water partition coefficient (Wildman–Crippen LogP) is 5.18. The lowest BCUT2D eigenvalue weighted by Crippen LogP contribution is -2.51. The molecule has 0 N–H and O–H groups in total. The molecule has 3 fully saturated rings. The number of amides is 1. The number of piperidine rings is 2. The van der Waals surface area contributed by atoms with E-state index in [-0.39, 0.29) is 12.1 Å². The quantitative estimate of drug-likeness (QED) is 0.643. The number of nitrogens with zero attached hydrogens (tertiary/aromatic N) is 3. The lowest BCUT2D eigenvalue weighted by Gasteiger charge is -2.49. The van der Waals surface area contributed by atoms with E-state index in [4.69, 9.17) is 4.74 Å². The van der Waals surface area contributed by atoms with Crippen LogP contribution in [0.15, 0.2) is 30.3 Å². The van der Waals surface area contributed by atoms with E-state index in [2.05, 4.69) is 13.1 Å². The van der Waals surface area contributed by atoms with Crippen LogP contribution in [0.5, 0.6) is 0 Å². The van der Waals surface area contributed by atoms with Gasteiger partial charge in [-0.1, -0.05) is 37.3 Å². The predicted molar refractivity (Wildman–Crippen MR) is 116 cm³/mol. The number of nitriles is 1. The van der Waals surface area contributed by atoms with Crippen LogP contribution < -0.4 is 0 Å². The van der Waals surface area contributed by atoms with Crippen LogP contribution in [0, 0.1) is 29.2 Å². The van der Waals surface area contributed by atoms with Crippen LogP contribution >= 0.6 is 0 Å². The highest BCUT2D eigenvalue weighted by atomic mass is 16.6. The summed E-state index contributed by atoms with van der Waals surface area (Å²) in [6.07, 6.45) is 11.4. The molecule has 5 heteroatoms. The molecule has 1 saturated carbocycles. The lowest BCUT2D eigenvalue weighted by molar-refractivity contribution is 0.0125. The van der Waals surface area contributed by atoms with Gasteiger partial charge in [-0.15, -0.1) is 0 Å². The molecular weight excluding hydrogens is 374 g/mol. The largest absolute Gasteiger partial charge is 0.445 e. The third kappa shape index (κ3) is 4.74. The summed E-state index contributed by atoms with van der Waals surface area (Å²) in [5.74, 6) is 1.84. The molecule has 1 aromatic rings. The van der Waals surface area contributed by atoms with Gasteiger partial charge in [0, 0.05) is 25.2 Å². The smallest absolute Gasteiger partial charge is 0.410 e. The molecule has 1 amide bonds. The number of fused-ring (bicyclic) bond motifs is 1. The average Bonchev–Trinajstić information content (AvgIpc) is 2.78. The maximum atomic E-state index is 12.9. The van der Waals surface area contributed by atoms with Gasteiger partial charge in [-0.05, 0) is 74.7 Å². The summed E-state index contributed by atoms with van der Waals surface area (Å²) in [6, 6.07) is 10.6. The second-order valence-corrected chi connectivity index (χ2v) is 9.62. The van der Waals surface area contributed by atoms with Crippen molar-refractivity contribution in [3.05, 3.63) is 35.9 Å². The number of hydrogen-bond acceptors (Lipinski definition) is 4. The van der Waals surface area contributed by atoms with Gasteiger partial charge in [0.25, 0.3) is 0 Å². The molecule has 1 aromatic carbocycles. The van der Waals surface area contributed by atoms with Crippen molar-refractivity contribution >= 4 is 6.09 Å². The topological polar surface area (TPSA) is 56.6 Å². The molecule has 4 rings (SSSR count). The summed E-state index contributed by atoms with van der Waals surface area (Å²) < 4.78 is 5.68. The van der Waals surface area contributed by atoms with Crippen molar-refractivity contribution in [2.45, 2.75) is 77.0 Å². The molecule has 0 spiro atoms. The molecule has 2 heterocycles. The Bertz CT molecular complexity index is 747. The molecule has 1 aliphatic carbocycles. The fourth-order valence-electron chi connectivity index (χ4n) is 6.17. The molecule has 0 radical (unpaired) electrons. The molecule has 3 aliphatic rings. The molecule has 5 nitrogen and oxygen atoms in total. The van der Waals surface area contributed by atoms with Crippen molar-refractivity contribution in [1.82, 2.24) is 9.80 Å². The summed E-state index contributed by atoms with van der Waals surface area (Å²) in [4.78, 5) is 17.0. The van der Waals surface area contributed by atoms with Gasteiger partial charge in [0.05, 0.1) is 0 Å². The molecule has 30 heavy (non-hydrogen) atoms. The minimum Gasteiger partial charge on any atom is -0.445 e. The average molecular weight is 410 g/mol. The van der Waals surface area contributed by atoms with Gasteiger partial charge in [-0.25, -0.2) is 4.79 Å². The number of ether oxygens (including phenoxy) is 1. The van der Waals surface area contributed by atoms with Gasteiger partial charge in [-0.2, -0.15) is 5.26 Å². The Morgan fingerprint density at radius 2 is 1.97 bits per heavy atom. The van der Waals surface area contributed by atoms with E-state index in [1.165, 1.54) is 19.3 Å². The summed E-state index contributed by atoms with van der Waals surface area (Å²) >= 11 is 0. The Balaban J connectivity index is 1.41. The highest BCUT2D eigenvalue weighted by Gasteiger charge is 2.43. The van der Waals surface area contributed by atoms with Crippen LogP contribution in [0.25, 0.3) is 0 Å². The SMILES string of the molecule is C[C@@H]1C[C@@H](C[C@@H]2CCCCN2C(=O)OCc2ccccc2)[C@H]2CCCN(C#N)[C@@H]2C1. The van der Waals surface area contributed by atoms with E-state index in [0.29, 0.717) is 30.4 Å². The number of carbonyl (C=O) groups excluding carboxylic acids is 1. The molecule has 0 bridgehead atoms. The summed E-state index contributed by atoms with van der Waals surface area (Å²) in [6.45, 7) is 4.39. The maximum Gasteiger partial charge on any atom is 0.410 e. The Kier molecular flexibility index (Phi) is 6.82. The first-order valence-electron chi connectivity index (χ1n) is 11.8. The van der Waals surface area contributed by atoms with Crippen LogP contribution in [0.1, 0.15) is 63.9 Å². The standard InChI is InChI=1S/C25H35N3O2/c1-19-14-21(23-11-7-12-27(18-26)24(23)15-19)16-22-10-5-6-13-28(22)25(29)30-17-20-8-3-2-4-9-20/h2-4,8-9,19,21-24H,5-7,10-17H2,1H3/t19-,21+,22+,23-,24-/m1/s1. The highest BCUT2D eigenvalue weighted by Crippen LogP contribution is 2.44. The highest BCUT2D eigenvalue weighted by molar-refractivity contribution is 5.68. The number of hydrogen-bond donors (Lipinski definition) is 0. The third-order valence-corrected chi connectivity index (χ3v) is 7.56.